The number of hydrogen-bond donors (Lipinski definition) is 1. The topological polar surface area (TPSA) is 60.5 Å². The molecule has 1 aliphatic heterocycles. The van der Waals surface area contributed by atoms with Crippen molar-refractivity contribution >= 4 is 46.6 Å². The molecule has 23 heavy (non-hydrogen) atoms. The van der Waals surface area contributed by atoms with Crippen LogP contribution in [0.2, 0.25) is 10.0 Å². The third-order valence-corrected chi connectivity index (χ3v) is 4.71. The zero-order valence-electron chi connectivity index (χ0n) is 11.8. The molecule has 0 spiro atoms. The maximum Gasteiger partial charge on any atom is 0.234 e. The number of ether oxygens (including phenoxy) is 2. The number of halogens is 2. The van der Waals surface area contributed by atoms with Crippen LogP contribution in [0.25, 0.3) is 0 Å². The second-order valence-electron chi connectivity index (χ2n) is 4.60. The monoisotopic (exact) mass is 370 g/mol. The molecule has 1 aromatic heterocycles. The molecular weight excluding hydrogens is 359 g/mol. The number of amides is 1. The molecule has 0 aliphatic carbocycles. The van der Waals surface area contributed by atoms with Gasteiger partial charge in [-0.15, -0.1) is 0 Å². The average Bonchev–Trinajstić information content (AvgIpc) is 2.55. The van der Waals surface area contributed by atoms with Gasteiger partial charge in [-0.25, -0.2) is 4.98 Å². The van der Waals surface area contributed by atoms with Crippen LogP contribution in [-0.2, 0) is 4.79 Å². The Kier molecular flexibility index (Phi) is 5.15. The predicted octanol–water partition coefficient (Wildman–Crippen LogP) is 3.89. The fourth-order valence-corrected chi connectivity index (χ4v) is 3.12. The Morgan fingerprint density at radius 3 is 2.70 bits per heavy atom. The van der Waals surface area contributed by atoms with Gasteiger partial charge in [-0.2, -0.15) is 0 Å². The summed E-state index contributed by atoms with van der Waals surface area (Å²) in [5.41, 5.74) is 0.480. The summed E-state index contributed by atoms with van der Waals surface area (Å²) in [6, 6.07) is 6.76. The van der Waals surface area contributed by atoms with Crippen LogP contribution in [0.5, 0.6) is 11.5 Å². The molecule has 0 radical (unpaired) electrons. The van der Waals surface area contributed by atoms with E-state index in [9.17, 15) is 4.79 Å². The van der Waals surface area contributed by atoms with Crippen LogP contribution in [0, 0.1) is 0 Å². The number of carbonyl (C=O) groups excluding carboxylic acids is 1. The lowest BCUT2D eigenvalue weighted by atomic mass is 10.2. The molecule has 0 bridgehead atoms. The molecule has 8 heteroatoms. The standard InChI is InChI=1S/C15H12Cl2N2O3S/c16-9-2-1-3-18-15(9)23-8-14(20)19-11-7-13-12(6-10(11)17)21-4-5-22-13/h1-3,6-7H,4-5,8H2,(H,19,20). The fraction of sp³-hybridized carbons (Fsp3) is 0.200. The summed E-state index contributed by atoms with van der Waals surface area (Å²) in [7, 11) is 0. The van der Waals surface area contributed by atoms with E-state index in [1.54, 1.807) is 30.5 Å². The van der Waals surface area contributed by atoms with E-state index in [4.69, 9.17) is 32.7 Å². The lowest BCUT2D eigenvalue weighted by molar-refractivity contribution is -0.113. The Morgan fingerprint density at radius 2 is 1.96 bits per heavy atom. The summed E-state index contributed by atoms with van der Waals surface area (Å²) >= 11 is 13.4. The molecule has 1 aromatic carbocycles. The lowest BCUT2D eigenvalue weighted by Gasteiger charge is -2.20. The van der Waals surface area contributed by atoms with Crippen molar-refractivity contribution in [3.05, 3.63) is 40.5 Å². The molecule has 5 nitrogen and oxygen atoms in total. The van der Waals surface area contributed by atoms with Crippen molar-refractivity contribution in [1.29, 1.82) is 0 Å². The molecular formula is C15H12Cl2N2O3S. The maximum absolute atomic E-state index is 12.1. The molecule has 120 valence electrons. The number of aromatic nitrogens is 1. The van der Waals surface area contributed by atoms with E-state index in [-0.39, 0.29) is 11.7 Å². The molecule has 0 unspecified atom stereocenters. The normalized spacial score (nSPS) is 12.8. The smallest absolute Gasteiger partial charge is 0.234 e. The first-order chi connectivity index (χ1) is 11.1. The summed E-state index contributed by atoms with van der Waals surface area (Å²) in [4.78, 5) is 16.2. The van der Waals surface area contributed by atoms with Crippen LogP contribution in [0.15, 0.2) is 35.5 Å². The number of benzene rings is 1. The Labute approximate surface area is 147 Å². The Bertz CT molecular complexity index is 743. The highest BCUT2D eigenvalue weighted by molar-refractivity contribution is 8.00. The fourth-order valence-electron chi connectivity index (χ4n) is 1.96. The van der Waals surface area contributed by atoms with Crippen LogP contribution in [0.4, 0.5) is 5.69 Å². The minimum atomic E-state index is -0.213. The minimum absolute atomic E-state index is 0.168. The number of nitrogens with zero attached hydrogens (tertiary/aromatic N) is 1. The molecule has 0 fully saturated rings. The number of carbonyl (C=O) groups is 1. The quantitative estimate of drug-likeness (QED) is 0.827. The van der Waals surface area contributed by atoms with Gasteiger partial charge in [0.25, 0.3) is 0 Å². The van der Waals surface area contributed by atoms with Crippen molar-refractivity contribution < 1.29 is 14.3 Å². The highest BCUT2D eigenvalue weighted by atomic mass is 35.5. The first-order valence-electron chi connectivity index (χ1n) is 6.76. The molecule has 1 N–H and O–H groups in total. The number of hydrogen-bond acceptors (Lipinski definition) is 5. The Morgan fingerprint density at radius 1 is 1.22 bits per heavy atom. The summed E-state index contributed by atoms with van der Waals surface area (Å²) in [5, 5.41) is 4.27. The number of pyridine rings is 1. The van der Waals surface area contributed by atoms with Gasteiger partial charge in [0.05, 0.1) is 21.5 Å². The predicted molar refractivity (Wildman–Crippen MR) is 91.0 cm³/mol. The second kappa shape index (κ2) is 7.29. The highest BCUT2D eigenvalue weighted by Gasteiger charge is 2.16. The third kappa shape index (κ3) is 4.02. The van der Waals surface area contributed by atoms with Gasteiger partial charge >= 0.3 is 0 Å². The molecule has 1 amide bonds. The number of fused-ring (bicyclic) bond motifs is 1. The Balaban J connectivity index is 1.65. The highest BCUT2D eigenvalue weighted by Crippen LogP contribution is 2.38. The van der Waals surface area contributed by atoms with Crippen molar-refractivity contribution in [2.75, 3.05) is 24.3 Å². The van der Waals surface area contributed by atoms with Gasteiger partial charge in [-0.05, 0) is 12.1 Å². The molecule has 0 atom stereocenters. The maximum atomic E-state index is 12.1. The van der Waals surface area contributed by atoms with E-state index >= 15 is 0 Å². The van der Waals surface area contributed by atoms with Crippen molar-refractivity contribution in [3.8, 4) is 11.5 Å². The first-order valence-corrected chi connectivity index (χ1v) is 8.50. The number of thioether (sulfide) groups is 1. The molecule has 2 heterocycles. The van der Waals surface area contributed by atoms with E-state index in [1.807, 2.05) is 0 Å². The van der Waals surface area contributed by atoms with Crippen LogP contribution >= 0.6 is 35.0 Å². The summed E-state index contributed by atoms with van der Waals surface area (Å²) in [6.07, 6.45) is 1.63. The molecule has 0 saturated heterocycles. The number of nitrogens with one attached hydrogen (secondary N) is 1. The lowest BCUT2D eigenvalue weighted by Crippen LogP contribution is -2.17. The zero-order chi connectivity index (χ0) is 16.2. The SMILES string of the molecule is O=C(CSc1ncccc1Cl)Nc1cc2c(cc1Cl)OCCO2. The van der Waals surface area contributed by atoms with E-state index in [0.717, 1.165) is 0 Å². The van der Waals surface area contributed by atoms with Crippen molar-refractivity contribution in [2.24, 2.45) is 0 Å². The summed E-state index contributed by atoms with van der Waals surface area (Å²) in [5.74, 6) is 1.10. The van der Waals surface area contributed by atoms with E-state index in [2.05, 4.69) is 10.3 Å². The van der Waals surface area contributed by atoms with Crippen molar-refractivity contribution in [1.82, 2.24) is 4.98 Å². The summed E-state index contributed by atoms with van der Waals surface area (Å²) in [6.45, 7) is 0.951. The van der Waals surface area contributed by atoms with Gasteiger partial charge in [-0.1, -0.05) is 35.0 Å². The van der Waals surface area contributed by atoms with Crippen LogP contribution in [0.3, 0.4) is 0 Å². The second-order valence-corrected chi connectivity index (χ2v) is 6.38. The zero-order valence-corrected chi connectivity index (χ0v) is 14.2. The van der Waals surface area contributed by atoms with Gasteiger partial charge in [0.15, 0.2) is 11.5 Å². The minimum Gasteiger partial charge on any atom is -0.486 e. The van der Waals surface area contributed by atoms with Gasteiger partial charge < -0.3 is 14.8 Å². The number of rotatable bonds is 4. The molecule has 2 aromatic rings. The molecule has 3 rings (SSSR count). The average molecular weight is 371 g/mol. The van der Waals surface area contributed by atoms with E-state index in [0.29, 0.717) is 45.5 Å². The summed E-state index contributed by atoms with van der Waals surface area (Å²) < 4.78 is 10.9. The van der Waals surface area contributed by atoms with Crippen LogP contribution in [0.1, 0.15) is 0 Å². The van der Waals surface area contributed by atoms with E-state index in [1.165, 1.54) is 11.8 Å². The van der Waals surface area contributed by atoms with Crippen LogP contribution < -0.4 is 14.8 Å². The van der Waals surface area contributed by atoms with Crippen molar-refractivity contribution in [3.63, 3.8) is 0 Å². The van der Waals surface area contributed by atoms with Gasteiger partial charge in [0.2, 0.25) is 5.91 Å². The number of anilines is 1. The van der Waals surface area contributed by atoms with E-state index < -0.39 is 0 Å². The van der Waals surface area contributed by atoms with Gasteiger partial charge in [0.1, 0.15) is 18.2 Å². The van der Waals surface area contributed by atoms with Crippen LogP contribution in [-0.4, -0.2) is 29.9 Å². The largest absolute Gasteiger partial charge is 0.486 e. The van der Waals surface area contributed by atoms with Gasteiger partial charge in [0, 0.05) is 18.3 Å². The van der Waals surface area contributed by atoms with Gasteiger partial charge in [-0.3, -0.25) is 4.79 Å². The molecule has 1 aliphatic rings. The van der Waals surface area contributed by atoms with Crippen molar-refractivity contribution in [2.45, 2.75) is 5.03 Å². The Hall–Kier alpha value is -1.63. The molecule has 0 saturated carbocycles. The third-order valence-electron chi connectivity index (χ3n) is 2.97. The first kappa shape index (κ1) is 16.2.